The predicted molar refractivity (Wildman–Crippen MR) is 63.9 cm³/mol. The fraction of sp³-hybridized carbons (Fsp3) is 0.167. The topological polar surface area (TPSA) is 53.5 Å². The van der Waals surface area contributed by atoms with Crippen LogP contribution in [-0.2, 0) is 6.61 Å². The van der Waals surface area contributed by atoms with Crippen molar-refractivity contribution >= 4 is 11.6 Å². The lowest BCUT2D eigenvalue weighted by Gasteiger charge is -2.05. The van der Waals surface area contributed by atoms with Crippen molar-refractivity contribution in [3.63, 3.8) is 0 Å². The number of benzene rings is 1. The maximum atomic E-state index is 5.74. The number of halogens is 1. The van der Waals surface area contributed by atoms with E-state index in [1.807, 2.05) is 18.2 Å². The molecule has 0 aliphatic carbocycles. The highest BCUT2D eigenvalue weighted by molar-refractivity contribution is 6.29. The summed E-state index contributed by atoms with van der Waals surface area (Å²) in [4.78, 5) is 7.73. The second-order valence-corrected chi connectivity index (χ2v) is 4.04. The highest BCUT2D eigenvalue weighted by Crippen LogP contribution is 2.32. The summed E-state index contributed by atoms with van der Waals surface area (Å²) in [7, 11) is 0. The van der Waals surface area contributed by atoms with Crippen LogP contribution in [0.25, 0.3) is 0 Å². The van der Waals surface area contributed by atoms with Gasteiger partial charge in [0.05, 0.1) is 0 Å². The van der Waals surface area contributed by atoms with E-state index in [9.17, 15) is 0 Å². The molecule has 1 aromatic carbocycles. The molecule has 0 saturated heterocycles. The molecule has 0 radical (unpaired) electrons. The first-order valence-corrected chi connectivity index (χ1v) is 5.68. The molecule has 1 aliphatic heterocycles. The second-order valence-electron chi connectivity index (χ2n) is 3.66. The Labute approximate surface area is 108 Å². The molecular weight excluding hydrogens is 256 g/mol. The van der Waals surface area contributed by atoms with Crippen molar-refractivity contribution in [1.82, 2.24) is 9.97 Å². The molecule has 0 bridgehead atoms. The number of rotatable bonds is 3. The van der Waals surface area contributed by atoms with Gasteiger partial charge in [-0.1, -0.05) is 17.7 Å². The molecule has 2 heterocycles. The van der Waals surface area contributed by atoms with Gasteiger partial charge in [0.25, 0.3) is 0 Å². The molecule has 0 spiro atoms. The van der Waals surface area contributed by atoms with Crippen LogP contribution in [0.4, 0.5) is 0 Å². The second kappa shape index (κ2) is 4.70. The van der Waals surface area contributed by atoms with E-state index < -0.39 is 0 Å². The van der Waals surface area contributed by atoms with Gasteiger partial charge in [0, 0.05) is 6.07 Å². The average molecular weight is 265 g/mol. The van der Waals surface area contributed by atoms with Crippen LogP contribution < -0.4 is 14.2 Å². The van der Waals surface area contributed by atoms with Gasteiger partial charge < -0.3 is 14.2 Å². The molecule has 0 unspecified atom stereocenters. The molecule has 0 atom stereocenters. The van der Waals surface area contributed by atoms with Crippen LogP contribution in [0.2, 0.25) is 5.15 Å². The van der Waals surface area contributed by atoms with E-state index >= 15 is 0 Å². The summed E-state index contributed by atoms with van der Waals surface area (Å²) in [5.74, 6) is 1.92. The minimum atomic E-state index is 0.265. The van der Waals surface area contributed by atoms with E-state index in [0.29, 0.717) is 17.6 Å². The molecule has 6 heteroatoms. The van der Waals surface area contributed by atoms with Gasteiger partial charge in [-0.05, 0) is 17.7 Å². The third-order valence-electron chi connectivity index (χ3n) is 2.43. The Balaban J connectivity index is 1.70. The van der Waals surface area contributed by atoms with Gasteiger partial charge in [-0.2, -0.15) is 0 Å². The molecule has 5 nitrogen and oxygen atoms in total. The Morgan fingerprint density at radius 3 is 2.94 bits per heavy atom. The third-order valence-corrected chi connectivity index (χ3v) is 2.64. The molecule has 1 aromatic heterocycles. The lowest BCUT2D eigenvalue weighted by molar-refractivity contribution is 0.174. The van der Waals surface area contributed by atoms with Crippen molar-refractivity contribution in [2.75, 3.05) is 6.79 Å². The number of aromatic nitrogens is 2. The quantitative estimate of drug-likeness (QED) is 0.797. The van der Waals surface area contributed by atoms with Crippen LogP contribution in [0.3, 0.4) is 0 Å². The van der Waals surface area contributed by atoms with Crippen molar-refractivity contribution in [3.05, 3.63) is 41.3 Å². The SMILES string of the molecule is Clc1cc(OCc2ccc3c(c2)OCO3)ncn1. The van der Waals surface area contributed by atoms with E-state index in [4.69, 9.17) is 25.8 Å². The van der Waals surface area contributed by atoms with Gasteiger partial charge >= 0.3 is 0 Å². The smallest absolute Gasteiger partial charge is 0.231 e. The average Bonchev–Trinajstić information content (AvgIpc) is 2.84. The Morgan fingerprint density at radius 2 is 2.06 bits per heavy atom. The minimum Gasteiger partial charge on any atom is -0.473 e. The largest absolute Gasteiger partial charge is 0.473 e. The third kappa shape index (κ3) is 2.31. The normalized spacial score (nSPS) is 12.5. The van der Waals surface area contributed by atoms with Gasteiger partial charge in [-0.15, -0.1) is 0 Å². The Hall–Kier alpha value is -2.01. The van der Waals surface area contributed by atoms with Gasteiger partial charge in [0.15, 0.2) is 11.5 Å². The van der Waals surface area contributed by atoms with Gasteiger partial charge in [-0.25, -0.2) is 9.97 Å². The van der Waals surface area contributed by atoms with E-state index in [0.717, 1.165) is 17.1 Å². The molecule has 0 saturated carbocycles. The fourth-order valence-electron chi connectivity index (χ4n) is 1.58. The summed E-state index contributed by atoms with van der Waals surface area (Å²) in [6.45, 7) is 0.644. The molecular formula is C12H9ClN2O3. The van der Waals surface area contributed by atoms with Crippen LogP contribution in [0, 0.1) is 0 Å². The number of fused-ring (bicyclic) bond motifs is 1. The van der Waals surface area contributed by atoms with E-state index in [1.165, 1.54) is 6.33 Å². The first-order valence-electron chi connectivity index (χ1n) is 5.30. The van der Waals surface area contributed by atoms with Crippen molar-refractivity contribution < 1.29 is 14.2 Å². The van der Waals surface area contributed by atoms with E-state index in [2.05, 4.69) is 9.97 Å². The molecule has 18 heavy (non-hydrogen) atoms. The highest BCUT2D eigenvalue weighted by atomic mass is 35.5. The summed E-state index contributed by atoms with van der Waals surface area (Å²) in [6.07, 6.45) is 1.36. The maximum absolute atomic E-state index is 5.74. The predicted octanol–water partition coefficient (Wildman–Crippen LogP) is 2.44. The van der Waals surface area contributed by atoms with E-state index in [1.54, 1.807) is 6.07 Å². The van der Waals surface area contributed by atoms with Gasteiger partial charge in [-0.3, -0.25) is 0 Å². The number of nitrogens with zero attached hydrogens (tertiary/aromatic N) is 2. The Morgan fingerprint density at radius 1 is 1.17 bits per heavy atom. The molecule has 3 rings (SSSR count). The van der Waals surface area contributed by atoms with Crippen LogP contribution in [-0.4, -0.2) is 16.8 Å². The zero-order valence-corrected chi connectivity index (χ0v) is 10.1. The Kier molecular flexibility index (Phi) is 2.90. The fourth-order valence-corrected chi connectivity index (χ4v) is 1.72. The summed E-state index contributed by atoms with van der Waals surface area (Å²) in [5, 5.41) is 0.352. The molecule has 0 N–H and O–H groups in total. The van der Waals surface area contributed by atoms with Crippen molar-refractivity contribution in [1.29, 1.82) is 0 Å². The highest BCUT2D eigenvalue weighted by Gasteiger charge is 2.13. The van der Waals surface area contributed by atoms with E-state index in [-0.39, 0.29) is 6.79 Å². The lowest BCUT2D eigenvalue weighted by atomic mass is 10.2. The summed E-state index contributed by atoms with van der Waals surface area (Å²) >= 11 is 5.74. The minimum absolute atomic E-state index is 0.265. The first-order chi connectivity index (χ1) is 8.81. The van der Waals surface area contributed by atoms with Crippen LogP contribution >= 0.6 is 11.6 Å². The van der Waals surface area contributed by atoms with Gasteiger partial charge in [0.1, 0.15) is 18.1 Å². The Bertz CT molecular complexity index is 577. The standard InChI is InChI=1S/C12H9ClN2O3/c13-11-4-12(15-6-14-11)16-5-8-1-2-9-10(3-8)18-7-17-9/h1-4,6H,5,7H2. The zero-order chi connectivity index (χ0) is 12.4. The summed E-state index contributed by atoms with van der Waals surface area (Å²) in [6, 6.07) is 7.21. The number of hydrogen-bond donors (Lipinski definition) is 0. The molecule has 2 aromatic rings. The first kappa shape index (κ1) is 11.1. The number of hydrogen-bond acceptors (Lipinski definition) is 5. The lowest BCUT2D eigenvalue weighted by Crippen LogP contribution is -1.97. The molecule has 0 amide bonds. The van der Waals surface area contributed by atoms with Crippen molar-refractivity contribution in [3.8, 4) is 17.4 Å². The molecule has 92 valence electrons. The molecule has 1 aliphatic rings. The van der Waals surface area contributed by atoms with Gasteiger partial charge in [0.2, 0.25) is 12.7 Å². The van der Waals surface area contributed by atoms with Crippen LogP contribution in [0.1, 0.15) is 5.56 Å². The number of ether oxygens (including phenoxy) is 3. The zero-order valence-electron chi connectivity index (χ0n) is 9.30. The molecule has 0 fully saturated rings. The van der Waals surface area contributed by atoms with Crippen molar-refractivity contribution in [2.24, 2.45) is 0 Å². The van der Waals surface area contributed by atoms with Crippen LogP contribution in [0.15, 0.2) is 30.6 Å². The maximum Gasteiger partial charge on any atom is 0.231 e. The monoisotopic (exact) mass is 264 g/mol. The summed E-state index contributed by atoms with van der Waals surface area (Å²) in [5.41, 5.74) is 0.967. The summed E-state index contributed by atoms with van der Waals surface area (Å²) < 4.78 is 16.0. The van der Waals surface area contributed by atoms with Crippen molar-refractivity contribution in [2.45, 2.75) is 6.61 Å². The van der Waals surface area contributed by atoms with Crippen LogP contribution in [0.5, 0.6) is 17.4 Å².